The Kier molecular flexibility index (Phi) is 4.60. The van der Waals surface area contributed by atoms with Gasteiger partial charge < -0.3 is 14.6 Å². The highest BCUT2D eigenvalue weighted by atomic mass is 16.6. The second kappa shape index (κ2) is 6.41. The number of hydrogen-bond donors (Lipinski definition) is 1. The Morgan fingerprint density at radius 1 is 1.10 bits per heavy atom. The summed E-state index contributed by atoms with van der Waals surface area (Å²) in [6.07, 6.45) is 0. The molecule has 0 fully saturated rings. The molecule has 2 aromatic rings. The van der Waals surface area contributed by atoms with Gasteiger partial charge in [0.05, 0.1) is 7.11 Å². The molecule has 2 aromatic carbocycles. The van der Waals surface area contributed by atoms with Crippen molar-refractivity contribution in [2.45, 2.75) is 12.5 Å². The van der Waals surface area contributed by atoms with Crippen LogP contribution < -0.4 is 4.74 Å². The van der Waals surface area contributed by atoms with Gasteiger partial charge in [0, 0.05) is 5.56 Å². The third kappa shape index (κ3) is 3.61. The summed E-state index contributed by atoms with van der Waals surface area (Å²) in [6.45, 7) is 1.19. The molecular weight excluding hydrogens is 268 g/mol. The van der Waals surface area contributed by atoms with Gasteiger partial charge >= 0.3 is 5.97 Å². The summed E-state index contributed by atoms with van der Waals surface area (Å²) in [4.78, 5) is 11.5. The van der Waals surface area contributed by atoms with E-state index in [0.717, 1.165) is 11.1 Å². The first-order valence-corrected chi connectivity index (χ1v) is 6.62. The van der Waals surface area contributed by atoms with Gasteiger partial charge in [-0.1, -0.05) is 48.5 Å². The van der Waals surface area contributed by atoms with E-state index in [1.807, 2.05) is 48.5 Å². The zero-order valence-electron chi connectivity index (χ0n) is 12.1. The Bertz CT molecular complexity index is 605. The summed E-state index contributed by atoms with van der Waals surface area (Å²) < 4.78 is 10.2. The maximum atomic E-state index is 11.5. The minimum Gasteiger partial charge on any atom is -0.489 e. The van der Waals surface area contributed by atoms with Crippen molar-refractivity contribution in [1.29, 1.82) is 0 Å². The van der Waals surface area contributed by atoms with Crippen molar-refractivity contribution in [3.63, 3.8) is 0 Å². The van der Waals surface area contributed by atoms with Crippen molar-refractivity contribution in [3.8, 4) is 16.9 Å². The van der Waals surface area contributed by atoms with E-state index in [0.29, 0.717) is 5.75 Å². The van der Waals surface area contributed by atoms with Gasteiger partial charge in [-0.05, 0) is 18.6 Å². The van der Waals surface area contributed by atoms with E-state index < -0.39 is 11.6 Å². The lowest BCUT2D eigenvalue weighted by molar-refractivity contribution is -0.163. The molecule has 4 heteroatoms. The maximum Gasteiger partial charge on any atom is 0.341 e. The maximum absolute atomic E-state index is 11.5. The lowest BCUT2D eigenvalue weighted by Crippen LogP contribution is -2.42. The molecule has 4 nitrogen and oxygen atoms in total. The molecule has 0 saturated carbocycles. The number of rotatable bonds is 5. The summed E-state index contributed by atoms with van der Waals surface area (Å²) >= 11 is 0. The van der Waals surface area contributed by atoms with Gasteiger partial charge in [0.25, 0.3) is 0 Å². The second-order valence-electron chi connectivity index (χ2n) is 4.92. The van der Waals surface area contributed by atoms with Crippen molar-refractivity contribution in [3.05, 3.63) is 54.6 Å². The number of esters is 1. The standard InChI is InChI=1S/C17H18O4/c1-17(19,16(18)20-2)12-21-15-11-7-6-10-14(15)13-8-4-3-5-9-13/h3-11,19H,12H2,1-2H3. The Hall–Kier alpha value is -2.33. The molecule has 110 valence electrons. The van der Waals surface area contributed by atoms with Crippen LogP contribution in [0.5, 0.6) is 5.75 Å². The lowest BCUT2D eigenvalue weighted by atomic mass is 10.0. The summed E-state index contributed by atoms with van der Waals surface area (Å²) in [5.74, 6) is -0.118. The number of ether oxygens (including phenoxy) is 2. The Morgan fingerprint density at radius 3 is 2.38 bits per heavy atom. The van der Waals surface area contributed by atoms with Crippen LogP contribution in [-0.2, 0) is 9.53 Å². The number of methoxy groups -OCH3 is 1. The summed E-state index contributed by atoms with van der Waals surface area (Å²) in [7, 11) is 1.23. The molecular formula is C17H18O4. The summed E-state index contributed by atoms with van der Waals surface area (Å²) in [5, 5.41) is 10.0. The van der Waals surface area contributed by atoms with E-state index >= 15 is 0 Å². The van der Waals surface area contributed by atoms with Crippen LogP contribution >= 0.6 is 0 Å². The van der Waals surface area contributed by atoms with Crippen molar-refractivity contribution >= 4 is 5.97 Å². The van der Waals surface area contributed by atoms with Crippen LogP contribution in [0.1, 0.15) is 6.92 Å². The molecule has 21 heavy (non-hydrogen) atoms. The number of para-hydroxylation sites is 1. The zero-order valence-corrected chi connectivity index (χ0v) is 12.1. The van der Waals surface area contributed by atoms with Crippen LogP contribution in [-0.4, -0.2) is 30.4 Å². The molecule has 0 heterocycles. The topological polar surface area (TPSA) is 55.8 Å². The molecule has 0 aliphatic heterocycles. The number of carbonyl (C=O) groups is 1. The highest BCUT2D eigenvalue weighted by Gasteiger charge is 2.32. The first-order valence-electron chi connectivity index (χ1n) is 6.62. The number of benzene rings is 2. The Balaban J connectivity index is 2.20. The van der Waals surface area contributed by atoms with Crippen LogP contribution in [0.2, 0.25) is 0 Å². The van der Waals surface area contributed by atoms with Crippen molar-refractivity contribution in [2.75, 3.05) is 13.7 Å². The number of carbonyl (C=O) groups excluding carboxylic acids is 1. The molecule has 2 rings (SSSR count). The highest BCUT2D eigenvalue weighted by molar-refractivity contribution is 5.79. The fraction of sp³-hybridized carbons (Fsp3) is 0.235. The number of hydrogen-bond acceptors (Lipinski definition) is 4. The molecule has 0 aromatic heterocycles. The summed E-state index contributed by atoms with van der Waals surface area (Å²) in [6, 6.07) is 17.2. The quantitative estimate of drug-likeness (QED) is 0.859. The molecule has 0 spiro atoms. The van der Waals surface area contributed by atoms with Crippen LogP contribution in [0.15, 0.2) is 54.6 Å². The lowest BCUT2D eigenvalue weighted by Gasteiger charge is -2.21. The Labute approximate surface area is 123 Å². The first kappa shape index (κ1) is 15.1. The molecule has 0 amide bonds. The van der Waals surface area contributed by atoms with E-state index in [9.17, 15) is 9.90 Å². The van der Waals surface area contributed by atoms with E-state index in [-0.39, 0.29) is 6.61 Å². The zero-order chi connectivity index (χ0) is 15.3. The van der Waals surface area contributed by atoms with E-state index in [1.54, 1.807) is 6.07 Å². The average Bonchev–Trinajstić information content (AvgIpc) is 2.53. The highest BCUT2D eigenvalue weighted by Crippen LogP contribution is 2.30. The minimum absolute atomic E-state index is 0.177. The largest absolute Gasteiger partial charge is 0.489 e. The molecule has 0 saturated heterocycles. The third-order valence-corrected chi connectivity index (χ3v) is 3.11. The van der Waals surface area contributed by atoms with Gasteiger partial charge in [0.1, 0.15) is 12.4 Å². The van der Waals surface area contributed by atoms with Gasteiger partial charge in [0.2, 0.25) is 0 Å². The van der Waals surface area contributed by atoms with E-state index in [2.05, 4.69) is 4.74 Å². The van der Waals surface area contributed by atoms with E-state index in [4.69, 9.17) is 4.74 Å². The second-order valence-corrected chi connectivity index (χ2v) is 4.92. The molecule has 0 aliphatic carbocycles. The van der Waals surface area contributed by atoms with Crippen LogP contribution in [0.4, 0.5) is 0 Å². The predicted molar refractivity (Wildman–Crippen MR) is 80.0 cm³/mol. The molecule has 0 radical (unpaired) electrons. The third-order valence-electron chi connectivity index (χ3n) is 3.11. The molecule has 0 bridgehead atoms. The van der Waals surface area contributed by atoms with Crippen molar-refractivity contribution < 1.29 is 19.4 Å². The van der Waals surface area contributed by atoms with Crippen molar-refractivity contribution in [1.82, 2.24) is 0 Å². The first-order chi connectivity index (χ1) is 10.0. The van der Waals surface area contributed by atoms with Gasteiger partial charge in [-0.2, -0.15) is 0 Å². The smallest absolute Gasteiger partial charge is 0.341 e. The van der Waals surface area contributed by atoms with Crippen molar-refractivity contribution in [2.24, 2.45) is 0 Å². The SMILES string of the molecule is COC(=O)C(C)(O)COc1ccccc1-c1ccccc1. The average molecular weight is 286 g/mol. The van der Waals surface area contributed by atoms with Crippen LogP contribution in [0.3, 0.4) is 0 Å². The van der Waals surface area contributed by atoms with Gasteiger partial charge in [-0.15, -0.1) is 0 Å². The predicted octanol–water partition coefficient (Wildman–Crippen LogP) is 2.66. The Morgan fingerprint density at radius 2 is 1.71 bits per heavy atom. The van der Waals surface area contributed by atoms with Crippen LogP contribution in [0.25, 0.3) is 11.1 Å². The molecule has 1 unspecified atom stereocenters. The van der Waals surface area contributed by atoms with Crippen LogP contribution in [0, 0.1) is 0 Å². The van der Waals surface area contributed by atoms with E-state index in [1.165, 1.54) is 14.0 Å². The molecule has 0 aliphatic rings. The minimum atomic E-state index is -1.68. The monoisotopic (exact) mass is 286 g/mol. The van der Waals surface area contributed by atoms with Gasteiger partial charge in [-0.25, -0.2) is 4.79 Å². The number of aliphatic hydroxyl groups is 1. The van der Waals surface area contributed by atoms with Gasteiger partial charge in [-0.3, -0.25) is 0 Å². The fourth-order valence-electron chi connectivity index (χ4n) is 1.95. The summed E-state index contributed by atoms with van der Waals surface area (Å²) in [5.41, 5.74) is 0.225. The fourth-order valence-corrected chi connectivity index (χ4v) is 1.95. The van der Waals surface area contributed by atoms with Gasteiger partial charge in [0.15, 0.2) is 5.60 Å². The normalized spacial score (nSPS) is 13.3. The molecule has 1 atom stereocenters. The molecule has 1 N–H and O–H groups in total.